The minimum atomic E-state index is -0.791. The van der Waals surface area contributed by atoms with E-state index in [9.17, 15) is 14.4 Å². The van der Waals surface area contributed by atoms with E-state index in [0.717, 1.165) is 30.5 Å². The van der Waals surface area contributed by atoms with Gasteiger partial charge in [-0.15, -0.1) is 0 Å². The van der Waals surface area contributed by atoms with Crippen LogP contribution in [0.25, 0.3) is 0 Å². The zero-order valence-electron chi connectivity index (χ0n) is 14.7. The van der Waals surface area contributed by atoms with Crippen molar-refractivity contribution in [3.8, 4) is 0 Å². The van der Waals surface area contributed by atoms with Gasteiger partial charge in [0.15, 0.2) is 0 Å². The Morgan fingerprint density at radius 1 is 1.24 bits per heavy atom. The maximum absolute atomic E-state index is 12.3. The number of hydrogen-bond donors (Lipinski definition) is 2. The number of carbonyl (C=O) groups excluding carboxylic acids is 2. The average molecular weight is 346 g/mol. The molecule has 1 aromatic carbocycles. The van der Waals surface area contributed by atoms with Gasteiger partial charge in [-0.25, -0.2) is 0 Å². The van der Waals surface area contributed by atoms with Crippen molar-refractivity contribution in [2.75, 3.05) is 18.0 Å². The molecule has 2 rings (SSSR count). The summed E-state index contributed by atoms with van der Waals surface area (Å²) in [6.45, 7) is 2.99. The Morgan fingerprint density at radius 2 is 2.00 bits per heavy atom. The van der Waals surface area contributed by atoms with Crippen molar-refractivity contribution in [1.82, 2.24) is 5.32 Å². The van der Waals surface area contributed by atoms with Gasteiger partial charge in [-0.1, -0.05) is 31.5 Å². The van der Waals surface area contributed by atoms with Crippen LogP contribution < -0.4 is 10.2 Å². The lowest BCUT2D eigenvalue weighted by Crippen LogP contribution is -2.33. The molecule has 1 atom stereocenters. The molecule has 0 bridgehead atoms. The van der Waals surface area contributed by atoms with Crippen LogP contribution in [0, 0.1) is 5.92 Å². The maximum Gasteiger partial charge on any atom is 0.303 e. The topological polar surface area (TPSA) is 86.7 Å². The van der Waals surface area contributed by atoms with Crippen LogP contribution in [0.2, 0.25) is 0 Å². The number of amides is 2. The quantitative estimate of drug-likeness (QED) is 0.672. The van der Waals surface area contributed by atoms with Gasteiger partial charge in [0.05, 0.1) is 5.92 Å². The average Bonchev–Trinajstić information content (AvgIpc) is 2.99. The first-order valence-electron chi connectivity index (χ1n) is 8.90. The van der Waals surface area contributed by atoms with E-state index >= 15 is 0 Å². The number of carboxylic acids is 1. The van der Waals surface area contributed by atoms with Gasteiger partial charge < -0.3 is 15.3 Å². The molecule has 25 heavy (non-hydrogen) atoms. The Bertz CT molecular complexity index is 630. The Hall–Kier alpha value is -2.37. The number of nitrogens with one attached hydrogen (secondary N) is 1. The lowest BCUT2D eigenvalue weighted by atomic mass is 10.1. The molecule has 2 N–H and O–H groups in total. The van der Waals surface area contributed by atoms with Crippen LogP contribution in [-0.2, 0) is 20.8 Å². The summed E-state index contributed by atoms with van der Waals surface area (Å²) in [6, 6.07) is 7.80. The molecule has 0 aromatic heterocycles. The van der Waals surface area contributed by atoms with Gasteiger partial charge in [-0.05, 0) is 30.9 Å². The fourth-order valence-corrected chi connectivity index (χ4v) is 3.12. The van der Waals surface area contributed by atoms with Crippen molar-refractivity contribution in [3.05, 3.63) is 29.8 Å². The largest absolute Gasteiger partial charge is 0.481 e. The summed E-state index contributed by atoms with van der Waals surface area (Å²) in [7, 11) is 0. The molecule has 6 nitrogen and oxygen atoms in total. The molecule has 6 heteroatoms. The first-order valence-corrected chi connectivity index (χ1v) is 8.90. The highest BCUT2D eigenvalue weighted by atomic mass is 16.4. The predicted octanol–water partition coefficient (Wildman–Crippen LogP) is 2.36. The van der Waals surface area contributed by atoms with Crippen LogP contribution in [0.4, 0.5) is 5.69 Å². The molecule has 0 saturated carbocycles. The van der Waals surface area contributed by atoms with Crippen molar-refractivity contribution in [3.63, 3.8) is 0 Å². The first-order chi connectivity index (χ1) is 12.0. The number of para-hydroxylation sites is 1. The molecule has 1 fully saturated rings. The SMILES string of the molecule is CCc1ccccc1N1CC(C(=O)NCCCCCC(=O)O)CC1=O. The van der Waals surface area contributed by atoms with Crippen LogP contribution in [0.15, 0.2) is 24.3 Å². The highest BCUT2D eigenvalue weighted by Gasteiger charge is 2.35. The normalized spacial score (nSPS) is 16.9. The molecule has 1 aromatic rings. The maximum atomic E-state index is 12.3. The Kier molecular flexibility index (Phi) is 6.98. The molecule has 2 amide bonds. The number of carbonyl (C=O) groups is 3. The molecule has 0 aliphatic carbocycles. The molecule has 1 aliphatic heterocycles. The standard InChI is InChI=1S/C19H26N2O4/c1-2-14-8-5-6-9-16(14)21-13-15(12-17(21)22)19(25)20-11-7-3-4-10-18(23)24/h5-6,8-9,15H,2-4,7,10-13H2,1H3,(H,20,25)(H,23,24). The molecule has 0 radical (unpaired) electrons. The summed E-state index contributed by atoms with van der Waals surface area (Å²) >= 11 is 0. The van der Waals surface area contributed by atoms with Crippen LogP contribution in [0.5, 0.6) is 0 Å². The fourth-order valence-electron chi connectivity index (χ4n) is 3.12. The third-order valence-electron chi connectivity index (χ3n) is 4.53. The minimum absolute atomic E-state index is 0.0116. The second kappa shape index (κ2) is 9.20. The van der Waals surface area contributed by atoms with E-state index in [1.807, 2.05) is 31.2 Å². The monoisotopic (exact) mass is 346 g/mol. The van der Waals surface area contributed by atoms with Crippen molar-refractivity contribution in [2.45, 2.75) is 45.4 Å². The predicted molar refractivity (Wildman–Crippen MR) is 95.4 cm³/mol. The lowest BCUT2D eigenvalue weighted by Gasteiger charge is -2.20. The highest BCUT2D eigenvalue weighted by Crippen LogP contribution is 2.28. The van der Waals surface area contributed by atoms with Crippen LogP contribution in [0.3, 0.4) is 0 Å². The zero-order chi connectivity index (χ0) is 18.2. The van der Waals surface area contributed by atoms with E-state index in [0.29, 0.717) is 19.5 Å². The Morgan fingerprint density at radius 3 is 2.72 bits per heavy atom. The van der Waals surface area contributed by atoms with Crippen LogP contribution in [-0.4, -0.2) is 36.0 Å². The first kappa shape index (κ1) is 19.0. The number of carboxylic acid groups (broad SMARTS) is 1. The lowest BCUT2D eigenvalue weighted by molar-refractivity contribution is -0.137. The number of anilines is 1. The molecule has 1 aliphatic rings. The van der Waals surface area contributed by atoms with Crippen molar-refractivity contribution in [1.29, 1.82) is 0 Å². The summed E-state index contributed by atoms with van der Waals surface area (Å²) in [5, 5.41) is 11.4. The van der Waals surface area contributed by atoms with E-state index in [-0.39, 0.29) is 30.6 Å². The number of hydrogen-bond acceptors (Lipinski definition) is 3. The minimum Gasteiger partial charge on any atom is -0.481 e. The Balaban J connectivity index is 1.81. The van der Waals surface area contributed by atoms with Gasteiger partial charge in [0.25, 0.3) is 0 Å². The summed E-state index contributed by atoms with van der Waals surface area (Å²) in [5.41, 5.74) is 2.01. The molecule has 1 heterocycles. The summed E-state index contributed by atoms with van der Waals surface area (Å²) in [5.74, 6) is -1.22. The van der Waals surface area contributed by atoms with E-state index in [1.54, 1.807) is 4.90 Å². The number of benzene rings is 1. The molecule has 0 spiro atoms. The van der Waals surface area contributed by atoms with Gasteiger partial charge in [0.1, 0.15) is 0 Å². The van der Waals surface area contributed by atoms with E-state index in [4.69, 9.17) is 5.11 Å². The summed E-state index contributed by atoms with van der Waals surface area (Å²) < 4.78 is 0. The summed E-state index contributed by atoms with van der Waals surface area (Å²) in [6.07, 6.45) is 3.38. The van der Waals surface area contributed by atoms with Gasteiger partial charge in [0, 0.05) is 31.6 Å². The van der Waals surface area contributed by atoms with E-state index < -0.39 is 5.97 Å². The molecule has 1 saturated heterocycles. The third-order valence-corrected chi connectivity index (χ3v) is 4.53. The molecular formula is C19H26N2O4. The number of rotatable bonds is 9. The number of unbranched alkanes of at least 4 members (excludes halogenated alkanes) is 2. The number of aryl methyl sites for hydroxylation is 1. The molecule has 1 unspecified atom stereocenters. The Labute approximate surface area is 148 Å². The zero-order valence-corrected chi connectivity index (χ0v) is 14.7. The van der Waals surface area contributed by atoms with E-state index in [1.165, 1.54) is 0 Å². The second-order valence-corrected chi connectivity index (χ2v) is 6.38. The second-order valence-electron chi connectivity index (χ2n) is 6.38. The van der Waals surface area contributed by atoms with Gasteiger partial charge in [0.2, 0.25) is 11.8 Å². The molecular weight excluding hydrogens is 320 g/mol. The van der Waals surface area contributed by atoms with Gasteiger partial charge in [-0.2, -0.15) is 0 Å². The van der Waals surface area contributed by atoms with Crippen LogP contribution >= 0.6 is 0 Å². The van der Waals surface area contributed by atoms with Crippen molar-refractivity contribution < 1.29 is 19.5 Å². The van der Waals surface area contributed by atoms with Gasteiger partial charge in [-0.3, -0.25) is 14.4 Å². The summed E-state index contributed by atoms with van der Waals surface area (Å²) in [4.78, 5) is 36.8. The van der Waals surface area contributed by atoms with Crippen LogP contribution in [0.1, 0.15) is 44.6 Å². The molecule has 136 valence electrons. The number of aliphatic carboxylic acids is 1. The fraction of sp³-hybridized carbons (Fsp3) is 0.526. The van der Waals surface area contributed by atoms with E-state index in [2.05, 4.69) is 5.32 Å². The number of nitrogens with zero attached hydrogens (tertiary/aromatic N) is 1. The van der Waals surface area contributed by atoms with Gasteiger partial charge >= 0.3 is 5.97 Å². The van der Waals surface area contributed by atoms with Crippen molar-refractivity contribution in [2.24, 2.45) is 5.92 Å². The highest BCUT2D eigenvalue weighted by molar-refractivity contribution is 6.00. The third kappa shape index (κ3) is 5.31. The van der Waals surface area contributed by atoms with Crippen molar-refractivity contribution >= 4 is 23.5 Å². The smallest absolute Gasteiger partial charge is 0.303 e.